The molecule has 2 atom stereocenters. The molecule has 0 radical (unpaired) electrons. The molecule has 3 aromatic carbocycles. The number of carbonyl (C=O) groups is 1. The van der Waals surface area contributed by atoms with Crippen LogP contribution in [0, 0.1) is 11.8 Å². The smallest absolute Gasteiger partial charge is 0.406 e. The van der Waals surface area contributed by atoms with E-state index in [2.05, 4.69) is 14.6 Å². The van der Waals surface area contributed by atoms with Crippen molar-refractivity contribution in [3.63, 3.8) is 0 Å². The molecule has 2 saturated heterocycles. The van der Waals surface area contributed by atoms with E-state index in [4.69, 9.17) is 4.98 Å². The van der Waals surface area contributed by atoms with E-state index in [1.54, 1.807) is 24.3 Å². The van der Waals surface area contributed by atoms with E-state index in [0.717, 1.165) is 36.4 Å². The van der Waals surface area contributed by atoms with Gasteiger partial charge in [-0.05, 0) is 53.6 Å². The van der Waals surface area contributed by atoms with Gasteiger partial charge in [0.1, 0.15) is 5.75 Å². The second-order valence-electron chi connectivity index (χ2n) is 9.93. The van der Waals surface area contributed by atoms with Crippen LogP contribution in [-0.2, 0) is 0 Å². The highest BCUT2D eigenvalue weighted by Crippen LogP contribution is 2.34. The summed E-state index contributed by atoms with van der Waals surface area (Å²) in [4.78, 5) is 27.2. The van der Waals surface area contributed by atoms with Crippen molar-refractivity contribution in [3.8, 4) is 16.9 Å². The first-order valence-electron chi connectivity index (χ1n) is 12.5. The van der Waals surface area contributed by atoms with Crippen molar-refractivity contribution >= 4 is 22.8 Å². The number of rotatable bonds is 4. The molecule has 1 aromatic heterocycles. The van der Waals surface area contributed by atoms with Gasteiger partial charge in [0.15, 0.2) is 0 Å². The molecule has 0 saturated carbocycles. The molecule has 0 spiro atoms. The summed E-state index contributed by atoms with van der Waals surface area (Å²) < 4.78 is 41.6. The van der Waals surface area contributed by atoms with Gasteiger partial charge in [0.05, 0.1) is 5.52 Å². The second kappa shape index (κ2) is 9.63. The molecule has 3 heterocycles. The van der Waals surface area contributed by atoms with Crippen LogP contribution in [0.4, 0.5) is 19.1 Å². The van der Waals surface area contributed by atoms with E-state index in [0.29, 0.717) is 41.6 Å². The number of halogens is 3. The zero-order chi connectivity index (χ0) is 26.3. The van der Waals surface area contributed by atoms with Crippen LogP contribution < -0.4 is 9.64 Å². The Balaban J connectivity index is 1.18. The monoisotopic (exact) mass is 518 g/mol. The van der Waals surface area contributed by atoms with Gasteiger partial charge in [-0.25, -0.2) is 9.97 Å². The number of hydrogen-bond donors (Lipinski definition) is 0. The third kappa shape index (κ3) is 5.01. The average Bonchev–Trinajstić information content (AvgIpc) is 2.91. The number of benzene rings is 3. The van der Waals surface area contributed by atoms with Crippen molar-refractivity contribution in [2.24, 2.45) is 11.8 Å². The van der Waals surface area contributed by atoms with Crippen molar-refractivity contribution in [3.05, 3.63) is 84.6 Å². The molecule has 1 amide bonds. The zero-order valence-corrected chi connectivity index (χ0v) is 20.4. The Morgan fingerprint density at radius 3 is 2.29 bits per heavy atom. The first-order valence-corrected chi connectivity index (χ1v) is 12.5. The minimum atomic E-state index is -4.75. The lowest BCUT2D eigenvalue weighted by atomic mass is 9.84. The fourth-order valence-electron chi connectivity index (χ4n) is 5.65. The fraction of sp³-hybridized carbons (Fsp3) is 0.276. The third-order valence-electron chi connectivity index (χ3n) is 7.18. The van der Waals surface area contributed by atoms with Crippen molar-refractivity contribution in [2.45, 2.75) is 12.8 Å². The van der Waals surface area contributed by atoms with Gasteiger partial charge in [0, 0.05) is 43.3 Å². The van der Waals surface area contributed by atoms with Crippen LogP contribution in [0.25, 0.3) is 22.0 Å². The summed E-state index contributed by atoms with van der Waals surface area (Å²) >= 11 is 0. The molecule has 6 nitrogen and oxygen atoms in total. The molecule has 0 aliphatic carbocycles. The molecular weight excluding hydrogens is 493 g/mol. The highest BCUT2D eigenvalue weighted by Gasteiger charge is 2.37. The van der Waals surface area contributed by atoms with Crippen molar-refractivity contribution in [1.82, 2.24) is 14.9 Å². The van der Waals surface area contributed by atoms with Crippen molar-refractivity contribution < 1.29 is 22.7 Å². The molecule has 194 valence electrons. The number of nitrogens with zero attached hydrogens (tertiary/aromatic N) is 4. The van der Waals surface area contributed by atoms with Gasteiger partial charge >= 0.3 is 6.36 Å². The fourth-order valence-corrected chi connectivity index (χ4v) is 5.65. The summed E-state index contributed by atoms with van der Waals surface area (Å²) in [5.41, 5.74) is 2.78. The number of aromatic nitrogens is 2. The van der Waals surface area contributed by atoms with Gasteiger partial charge in [-0.15, -0.1) is 13.2 Å². The van der Waals surface area contributed by atoms with Crippen LogP contribution in [0.2, 0.25) is 0 Å². The molecule has 2 fully saturated rings. The number of ether oxygens (including phenoxy) is 1. The predicted molar refractivity (Wildman–Crippen MR) is 138 cm³/mol. The molecular formula is C29H25F3N4O2. The number of anilines is 1. The number of likely N-dealkylation sites (tertiary alicyclic amines) is 1. The lowest BCUT2D eigenvalue weighted by Gasteiger charge is -2.46. The van der Waals surface area contributed by atoms with Gasteiger partial charge in [-0.1, -0.05) is 48.5 Å². The molecule has 2 bridgehead atoms. The molecule has 38 heavy (non-hydrogen) atoms. The molecule has 4 aromatic rings. The minimum absolute atomic E-state index is 0.0682. The van der Waals surface area contributed by atoms with E-state index < -0.39 is 6.36 Å². The molecule has 0 N–H and O–H groups in total. The number of amides is 1. The Bertz CT molecular complexity index is 1460. The average molecular weight is 519 g/mol. The van der Waals surface area contributed by atoms with E-state index in [1.165, 1.54) is 12.1 Å². The maximum atomic E-state index is 13.7. The summed E-state index contributed by atoms with van der Waals surface area (Å²) in [7, 11) is 0. The van der Waals surface area contributed by atoms with Crippen LogP contribution >= 0.6 is 0 Å². The van der Waals surface area contributed by atoms with Gasteiger partial charge in [-0.3, -0.25) is 4.79 Å². The lowest BCUT2D eigenvalue weighted by Crippen LogP contribution is -2.54. The van der Waals surface area contributed by atoms with E-state index in [9.17, 15) is 18.0 Å². The van der Waals surface area contributed by atoms with E-state index >= 15 is 0 Å². The highest BCUT2D eigenvalue weighted by molar-refractivity contribution is 6.01. The SMILES string of the molecule is O=C(c1ccccc1-c1ccc(OC(F)(F)F)cc1)N1CC2CC(C1)CN(c1ncc3ccccc3n1)C2. The van der Waals surface area contributed by atoms with E-state index in [-0.39, 0.29) is 11.7 Å². The van der Waals surface area contributed by atoms with Crippen LogP contribution in [0.3, 0.4) is 0 Å². The molecule has 2 unspecified atom stereocenters. The van der Waals surface area contributed by atoms with Crippen LogP contribution in [-0.4, -0.2) is 53.3 Å². The maximum absolute atomic E-state index is 13.7. The quantitative estimate of drug-likeness (QED) is 0.342. The van der Waals surface area contributed by atoms with Gasteiger partial charge in [0.2, 0.25) is 5.95 Å². The van der Waals surface area contributed by atoms with Gasteiger partial charge in [-0.2, -0.15) is 0 Å². The normalized spacial score (nSPS) is 19.4. The maximum Gasteiger partial charge on any atom is 0.573 e. The second-order valence-corrected chi connectivity index (χ2v) is 9.93. The standard InChI is InChI=1S/C29H25F3N4O2/c30-29(31,32)38-23-11-9-21(10-12-23)24-6-2-3-7-25(24)27(37)35-15-19-13-20(16-35)18-36(17-19)28-33-14-22-5-1-4-8-26(22)34-28/h1-12,14,19-20H,13,15-18H2. The van der Waals surface area contributed by atoms with Crippen molar-refractivity contribution in [2.75, 3.05) is 31.1 Å². The topological polar surface area (TPSA) is 58.6 Å². The number of piperidine rings is 2. The van der Waals surface area contributed by atoms with Crippen molar-refractivity contribution in [1.29, 1.82) is 0 Å². The number of hydrogen-bond acceptors (Lipinski definition) is 5. The summed E-state index contributed by atoms with van der Waals surface area (Å²) in [6.45, 7) is 2.82. The van der Waals surface area contributed by atoms with Crippen LogP contribution in [0.1, 0.15) is 16.8 Å². The minimum Gasteiger partial charge on any atom is -0.406 e. The molecule has 9 heteroatoms. The van der Waals surface area contributed by atoms with Crippen LogP contribution in [0.5, 0.6) is 5.75 Å². The first-order chi connectivity index (χ1) is 18.3. The number of para-hydroxylation sites is 1. The Hall–Kier alpha value is -4.14. The lowest BCUT2D eigenvalue weighted by molar-refractivity contribution is -0.274. The number of carbonyl (C=O) groups excluding carboxylic acids is 1. The first kappa shape index (κ1) is 24.2. The van der Waals surface area contributed by atoms with Gasteiger partial charge < -0.3 is 14.5 Å². The Kier molecular flexibility index (Phi) is 6.13. The third-order valence-corrected chi connectivity index (χ3v) is 7.18. The number of fused-ring (bicyclic) bond motifs is 3. The Labute approximate surface area is 217 Å². The van der Waals surface area contributed by atoms with E-state index in [1.807, 2.05) is 47.5 Å². The molecule has 2 aliphatic heterocycles. The predicted octanol–water partition coefficient (Wildman–Crippen LogP) is 5.79. The summed E-state index contributed by atoms with van der Waals surface area (Å²) in [6, 6.07) is 20.7. The largest absolute Gasteiger partial charge is 0.573 e. The Morgan fingerprint density at radius 1 is 0.868 bits per heavy atom. The summed E-state index contributed by atoms with van der Waals surface area (Å²) in [5, 5.41) is 1.01. The highest BCUT2D eigenvalue weighted by atomic mass is 19.4. The molecule has 6 rings (SSSR count). The number of alkyl halides is 3. The zero-order valence-electron chi connectivity index (χ0n) is 20.4. The molecule has 2 aliphatic rings. The summed E-state index contributed by atoms with van der Waals surface area (Å²) in [5.74, 6) is 0.955. The summed E-state index contributed by atoms with van der Waals surface area (Å²) in [6.07, 6.45) is -1.84. The van der Waals surface area contributed by atoms with Gasteiger partial charge in [0.25, 0.3) is 5.91 Å². The Morgan fingerprint density at radius 2 is 1.55 bits per heavy atom. The van der Waals surface area contributed by atoms with Crippen LogP contribution in [0.15, 0.2) is 79.0 Å².